The lowest BCUT2D eigenvalue weighted by Gasteiger charge is -2.19. The molecule has 0 saturated heterocycles. The van der Waals surface area contributed by atoms with Crippen LogP contribution in [0.15, 0.2) is 95.9 Å². The number of hydrogen-bond acceptors (Lipinski definition) is 2. The third-order valence-corrected chi connectivity index (χ3v) is 5.56. The molecule has 1 amide bonds. The second-order valence-corrected chi connectivity index (χ2v) is 7.55. The van der Waals surface area contributed by atoms with Crippen LogP contribution >= 0.6 is 0 Å². The Morgan fingerprint density at radius 1 is 0.808 bits per heavy atom. The van der Waals surface area contributed by atoms with Gasteiger partial charge < -0.3 is 5.32 Å². The summed E-state index contributed by atoms with van der Waals surface area (Å²) in [5.41, 5.74) is 1.71. The largest absolute Gasteiger partial charge is 0.348 e. The standard InChI is InChI=1S/C22H21NO2S/c24-22(19-12-6-2-7-13-19)23-20(16-18-10-4-1-5-11-18)17-26(25)21-14-8-3-9-15-21/h1-15,20H,16-17H2,(H,23,24). The molecule has 0 radical (unpaired) electrons. The summed E-state index contributed by atoms with van der Waals surface area (Å²) in [6.07, 6.45) is 0.637. The Balaban J connectivity index is 1.75. The van der Waals surface area contributed by atoms with E-state index < -0.39 is 10.8 Å². The Bertz CT molecular complexity index is 798. The highest BCUT2D eigenvalue weighted by molar-refractivity contribution is 7.85. The lowest BCUT2D eigenvalue weighted by Crippen LogP contribution is -2.40. The van der Waals surface area contributed by atoms with E-state index in [9.17, 15) is 9.00 Å². The molecule has 2 atom stereocenters. The fraction of sp³-hybridized carbons (Fsp3) is 0.136. The molecule has 26 heavy (non-hydrogen) atoms. The van der Waals surface area contributed by atoms with E-state index in [0.29, 0.717) is 17.7 Å². The molecule has 1 N–H and O–H groups in total. The van der Waals surface area contributed by atoms with E-state index in [1.165, 1.54) is 0 Å². The normalized spacial score (nSPS) is 12.9. The molecular weight excluding hydrogens is 342 g/mol. The van der Waals surface area contributed by atoms with Crippen LogP contribution in [0.3, 0.4) is 0 Å². The monoisotopic (exact) mass is 363 g/mol. The first-order chi connectivity index (χ1) is 12.7. The average Bonchev–Trinajstić information content (AvgIpc) is 2.70. The summed E-state index contributed by atoms with van der Waals surface area (Å²) in [5, 5.41) is 3.05. The molecule has 0 aliphatic carbocycles. The van der Waals surface area contributed by atoms with Gasteiger partial charge in [-0.05, 0) is 36.2 Å². The zero-order valence-electron chi connectivity index (χ0n) is 14.4. The van der Waals surface area contributed by atoms with Crippen LogP contribution in [0.4, 0.5) is 0 Å². The van der Waals surface area contributed by atoms with Crippen LogP contribution in [-0.2, 0) is 17.2 Å². The molecule has 2 unspecified atom stereocenters. The second kappa shape index (κ2) is 9.11. The van der Waals surface area contributed by atoms with Gasteiger partial charge in [-0.15, -0.1) is 0 Å². The van der Waals surface area contributed by atoms with Gasteiger partial charge in [-0.25, -0.2) is 0 Å². The molecule has 3 rings (SSSR count). The van der Waals surface area contributed by atoms with Gasteiger partial charge in [-0.2, -0.15) is 0 Å². The Morgan fingerprint density at radius 3 is 1.96 bits per heavy atom. The minimum absolute atomic E-state index is 0.142. The van der Waals surface area contributed by atoms with Gasteiger partial charge in [0.25, 0.3) is 5.91 Å². The van der Waals surface area contributed by atoms with E-state index in [0.717, 1.165) is 10.5 Å². The van der Waals surface area contributed by atoms with E-state index in [-0.39, 0.29) is 11.9 Å². The van der Waals surface area contributed by atoms with E-state index in [4.69, 9.17) is 0 Å². The minimum Gasteiger partial charge on any atom is -0.348 e. The molecule has 3 aromatic rings. The van der Waals surface area contributed by atoms with Crippen molar-refractivity contribution >= 4 is 16.7 Å². The molecule has 3 nitrogen and oxygen atoms in total. The summed E-state index contributed by atoms with van der Waals surface area (Å²) in [4.78, 5) is 13.3. The quantitative estimate of drug-likeness (QED) is 0.693. The van der Waals surface area contributed by atoms with E-state index >= 15 is 0 Å². The average molecular weight is 363 g/mol. The van der Waals surface area contributed by atoms with Crippen molar-refractivity contribution in [3.8, 4) is 0 Å². The number of amides is 1. The fourth-order valence-corrected chi connectivity index (χ4v) is 3.98. The van der Waals surface area contributed by atoms with Crippen molar-refractivity contribution in [1.82, 2.24) is 5.32 Å². The molecule has 0 aliphatic rings. The SMILES string of the molecule is O=C(NC(Cc1ccccc1)CS(=O)c1ccccc1)c1ccccc1. The van der Waals surface area contributed by atoms with Gasteiger partial charge in [-0.3, -0.25) is 9.00 Å². The van der Waals surface area contributed by atoms with Crippen molar-refractivity contribution < 1.29 is 9.00 Å². The summed E-state index contributed by atoms with van der Waals surface area (Å²) in [5.74, 6) is 0.230. The Morgan fingerprint density at radius 2 is 1.35 bits per heavy atom. The number of carbonyl (C=O) groups is 1. The van der Waals surface area contributed by atoms with Gasteiger partial charge >= 0.3 is 0 Å². The first-order valence-corrected chi connectivity index (χ1v) is 9.87. The third-order valence-electron chi connectivity index (χ3n) is 4.05. The zero-order chi connectivity index (χ0) is 18.2. The van der Waals surface area contributed by atoms with Crippen molar-refractivity contribution in [1.29, 1.82) is 0 Å². The van der Waals surface area contributed by atoms with Crippen LogP contribution in [0.25, 0.3) is 0 Å². The Labute approximate surface area is 156 Å². The lowest BCUT2D eigenvalue weighted by atomic mass is 10.1. The van der Waals surface area contributed by atoms with Gasteiger partial charge in [0.05, 0.1) is 10.8 Å². The number of nitrogens with one attached hydrogen (secondary N) is 1. The van der Waals surface area contributed by atoms with Crippen LogP contribution in [0, 0.1) is 0 Å². The number of hydrogen-bond donors (Lipinski definition) is 1. The van der Waals surface area contributed by atoms with Gasteiger partial charge in [0, 0.05) is 22.3 Å². The topological polar surface area (TPSA) is 46.2 Å². The zero-order valence-corrected chi connectivity index (χ0v) is 15.2. The van der Waals surface area contributed by atoms with E-state index in [2.05, 4.69) is 5.32 Å². The molecule has 0 aromatic heterocycles. The maximum Gasteiger partial charge on any atom is 0.251 e. The molecule has 0 aliphatic heterocycles. The molecule has 0 fully saturated rings. The molecule has 0 bridgehead atoms. The summed E-state index contributed by atoms with van der Waals surface area (Å²) < 4.78 is 12.7. The molecule has 0 heterocycles. The minimum atomic E-state index is -1.17. The predicted molar refractivity (Wildman–Crippen MR) is 106 cm³/mol. The van der Waals surface area contributed by atoms with Crippen LogP contribution in [0.2, 0.25) is 0 Å². The molecule has 0 spiro atoms. The highest BCUT2D eigenvalue weighted by Crippen LogP contribution is 2.11. The summed E-state index contributed by atoms with van der Waals surface area (Å²) in [6, 6.07) is 28.2. The maximum absolute atomic E-state index is 12.7. The number of benzene rings is 3. The number of rotatable bonds is 7. The van der Waals surface area contributed by atoms with Crippen LogP contribution in [0.1, 0.15) is 15.9 Å². The first kappa shape index (κ1) is 18.1. The van der Waals surface area contributed by atoms with Crippen LogP contribution in [-0.4, -0.2) is 21.9 Å². The van der Waals surface area contributed by atoms with Crippen molar-refractivity contribution in [3.05, 3.63) is 102 Å². The smallest absolute Gasteiger partial charge is 0.251 e. The molecule has 132 valence electrons. The van der Waals surface area contributed by atoms with Gasteiger partial charge in [0.15, 0.2) is 0 Å². The highest BCUT2D eigenvalue weighted by atomic mass is 32.2. The Hall–Kier alpha value is -2.72. The summed E-state index contributed by atoms with van der Waals surface area (Å²) in [6.45, 7) is 0. The van der Waals surface area contributed by atoms with Crippen molar-refractivity contribution in [2.45, 2.75) is 17.4 Å². The van der Waals surface area contributed by atoms with Crippen LogP contribution in [0.5, 0.6) is 0 Å². The lowest BCUT2D eigenvalue weighted by molar-refractivity contribution is 0.0940. The summed E-state index contributed by atoms with van der Waals surface area (Å²) in [7, 11) is -1.17. The van der Waals surface area contributed by atoms with Gasteiger partial charge in [0.1, 0.15) is 0 Å². The van der Waals surface area contributed by atoms with E-state index in [1.807, 2.05) is 78.9 Å². The third kappa shape index (κ3) is 5.14. The molecule has 3 aromatic carbocycles. The van der Waals surface area contributed by atoms with E-state index in [1.54, 1.807) is 12.1 Å². The summed E-state index contributed by atoms with van der Waals surface area (Å²) >= 11 is 0. The fourth-order valence-electron chi connectivity index (χ4n) is 2.76. The van der Waals surface area contributed by atoms with Crippen molar-refractivity contribution in [2.24, 2.45) is 0 Å². The van der Waals surface area contributed by atoms with Gasteiger partial charge in [0.2, 0.25) is 0 Å². The molecular formula is C22H21NO2S. The second-order valence-electron chi connectivity index (χ2n) is 6.05. The maximum atomic E-state index is 12.7. The molecule has 0 saturated carbocycles. The first-order valence-electron chi connectivity index (χ1n) is 8.55. The highest BCUT2D eigenvalue weighted by Gasteiger charge is 2.18. The van der Waals surface area contributed by atoms with Gasteiger partial charge in [-0.1, -0.05) is 66.7 Å². The van der Waals surface area contributed by atoms with Crippen LogP contribution < -0.4 is 5.32 Å². The number of carbonyl (C=O) groups excluding carboxylic acids is 1. The predicted octanol–water partition coefficient (Wildman–Crippen LogP) is 3.84. The van der Waals surface area contributed by atoms with Crippen molar-refractivity contribution in [3.63, 3.8) is 0 Å². The Kier molecular flexibility index (Phi) is 6.34. The van der Waals surface area contributed by atoms with Crippen molar-refractivity contribution in [2.75, 3.05) is 5.75 Å². The molecule has 4 heteroatoms.